The van der Waals surface area contributed by atoms with Crippen LogP contribution in [0.4, 0.5) is 10.1 Å². The summed E-state index contributed by atoms with van der Waals surface area (Å²) in [4.78, 5) is 0. The van der Waals surface area contributed by atoms with Crippen molar-refractivity contribution in [2.45, 2.75) is 25.9 Å². The summed E-state index contributed by atoms with van der Waals surface area (Å²) in [6.45, 7) is 3.33. The second-order valence-corrected chi connectivity index (χ2v) is 4.50. The zero-order chi connectivity index (χ0) is 13.4. The summed E-state index contributed by atoms with van der Waals surface area (Å²) < 4.78 is 18.4. The molecule has 1 atom stereocenters. The van der Waals surface area contributed by atoms with E-state index in [0.717, 1.165) is 12.8 Å². The van der Waals surface area contributed by atoms with Gasteiger partial charge in [-0.3, -0.25) is 0 Å². The van der Waals surface area contributed by atoms with Crippen LogP contribution in [-0.2, 0) is 4.74 Å². The maximum absolute atomic E-state index is 13.1. The van der Waals surface area contributed by atoms with E-state index in [2.05, 4.69) is 12.2 Å². The molecule has 18 heavy (non-hydrogen) atoms. The molecule has 1 aromatic rings. The molecule has 1 aromatic carbocycles. The van der Waals surface area contributed by atoms with Gasteiger partial charge >= 0.3 is 0 Å². The molecule has 0 aliphatic heterocycles. The molecule has 102 valence electrons. The van der Waals surface area contributed by atoms with E-state index >= 15 is 0 Å². The standard InChI is InChI=1S/C13H19ClFNO2/c1-2-3-6-18-9-11(17)8-16-10-4-5-12(14)13(15)7-10/h4-5,7,11,16-17H,2-3,6,8-9H2,1H3. The minimum Gasteiger partial charge on any atom is -0.389 e. The fourth-order valence-electron chi connectivity index (χ4n) is 1.37. The van der Waals surface area contributed by atoms with Gasteiger partial charge in [0.2, 0.25) is 0 Å². The Hall–Kier alpha value is -0.840. The van der Waals surface area contributed by atoms with E-state index in [9.17, 15) is 9.50 Å². The first-order valence-corrected chi connectivity index (χ1v) is 6.46. The summed E-state index contributed by atoms with van der Waals surface area (Å²) in [5.74, 6) is -0.477. The molecule has 3 nitrogen and oxygen atoms in total. The minimum absolute atomic E-state index is 0.0870. The SMILES string of the molecule is CCCCOCC(O)CNc1ccc(Cl)c(F)c1. The number of benzene rings is 1. The molecule has 0 heterocycles. The van der Waals surface area contributed by atoms with Gasteiger partial charge in [0, 0.05) is 18.8 Å². The van der Waals surface area contributed by atoms with Crippen LogP contribution >= 0.6 is 11.6 Å². The van der Waals surface area contributed by atoms with Gasteiger partial charge in [-0.1, -0.05) is 24.9 Å². The Morgan fingerprint density at radius 3 is 2.94 bits per heavy atom. The van der Waals surface area contributed by atoms with Crippen molar-refractivity contribution in [2.75, 3.05) is 25.1 Å². The van der Waals surface area contributed by atoms with Crippen molar-refractivity contribution in [3.8, 4) is 0 Å². The van der Waals surface area contributed by atoms with Crippen molar-refractivity contribution in [3.05, 3.63) is 29.0 Å². The van der Waals surface area contributed by atoms with Crippen LogP contribution in [-0.4, -0.2) is 31.0 Å². The predicted octanol–water partition coefficient (Wildman–Crippen LogP) is 3.07. The van der Waals surface area contributed by atoms with Crippen molar-refractivity contribution in [2.24, 2.45) is 0 Å². The molecule has 1 rings (SSSR count). The van der Waals surface area contributed by atoms with E-state index in [1.165, 1.54) is 12.1 Å². The Labute approximate surface area is 112 Å². The molecule has 0 saturated heterocycles. The van der Waals surface area contributed by atoms with Crippen LogP contribution in [0.25, 0.3) is 0 Å². The molecule has 0 spiro atoms. The van der Waals surface area contributed by atoms with Crippen LogP contribution in [0.1, 0.15) is 19.8 Å². The first-order valence-electron chi connectivity index (χ1n) is 6.08. The molecule has 0 aromatic heterocycles. The largest absolute Gasteiger partial charge is 0.389 e. The first-order chi connectivity index (χ1) is 8.63. The Morgan fingerprint density at radius 2 is 2.28 bits per heavy atom. The third-order valence-corrected chi connectivity index (χ3v) is 2.72. The maximum Gasteiger partial charge on any atom is 0.143 e. The maximum atomic E-state index is 13.1. The second kappa shape index (κ2) is 8.29. The average Bonchev–Trinajstić information content (AvgIpc) is 2.36. The normalized spacial score (nSPS) is 12.4. The van der Waals surface area contributed by atoms with Crippen molar-refractivity contribution in [3.63, 3.8) is 0 Å². The zero-order valence-corrected chi connectivity index (χ0v) is 11.2. The topological polar surface area (TPSA) is 41.5 Å². The third kappa shape index (κ3) is 5.67. The monoisotopic (exact) mass is 275 g/mol. The molecule has 0 aliphatic carbocycles. The smallest absolute Gasteiger partial charge is 0.143 e. The first kappa shape index (κ1) is 15.2. The Balaban J connectivity index is 2.24. The third-order valence-electron chi connectivity index (χ3n) is 2.41. The van der Waals surface area contributed by atoms with Gasteiger partial charge in [-0.05, 0) is 24.6 Å². The van der Waals surface area contributed by atoms with Crippen molar-refractivity contribution < 1.29 is 14.2 Å². The number of halogens is 2. The molecule has 0 amide bonds. The lowest BCUT2D eigenvalue weighted by Gasteiger charge is -2.13. The number of nitrogens with one attached hydrogen (secondary N) is 1. The van der Waals surface area contributed by atoms with E-state index in [1.54, 1.807) is 6.07 Å². The van der Waals surface area contributed by atoms with E-state index in [0.29, 0.717) is 18.8 Å². The van der Waals surface area contributed by atoms with Gasteiger partial charge in [0.05, 0.1) is 17.7 Å². The van der Waals surface area contributed by atoms with Gasteiger partial charge in [-0.15, -0.1) is 0 Å². The molecule has 0 saturated carbocycles. The summed E-state index contributed by atoms with van der Waals surface area (Å²) in [5.41, 5.74) is 0.588. The second-order valence-electron chi connectivity index (χ2n) is 4.09. The molecule has 0 aliphatic rings. The predicted molar refractivity (Wildman–Crippen MR) is 71.6 cm³/mol. The number of aliphatic hydroxyl groups excluding tert-OH is 1. The number of hydrogen-bond acceptors (Lipinski definition) is 3. The van der Waals surface area contributed by atoms with Gasteiger partial charge in [-0.2, -0.15) is 0 Å². The van der Waals surface area contributed by atoms with Crippen molar-refractivity contribution in [1.82, 2.24) is 0 Å². The molecule has 2 N–H and O–H groups in total. The highest BCUT2D eigenvalue weighted by molar-refractivity contribution is 6.30. The fourth-order valence-corrected chi connectivity index (χ4v) is 1.48. The highest BCUT2D eigenvalue weighted by Crippen LogP contribution is 2.18. The average molecular weight is 276 g/mol. The van der Waals surface area contributed by atoms with E-state index < -0.39 is 11.9 Å². The number of aliphatic hydroxyl groups is 1. The van der Waals surface area contributed by atoms with Gasteiger partial charge in [0.1, 0.15) is 5.82 Å². The lowest BCUT2D eigenvalue weighted by Crippen LogP contribution is -2.25. The summed E-state index contributed by atoms with van der Waals surface area (Å²) in [5, 5.41) is 12.6. The van der Waals surface area contributed by atoms with Crippen LogP contribution in [0.5, 0.6) is 0 Å². The highest BCUT2D eigenvalue weighted by Gasteiger charge is 2.05. The van der Waals surface area contributed by atoms with Crippen LogP contribution in [0.3, 0.4) is 0 Å². The number of unbranched alkanes of at least 4 members (excludes halogenated alkanes) is 1. The fraction of sp³-hybridized carbons (Fsp3) is 0.538. The van der Waals surface area contributed by atoms with E-state index in [1.807, 2.05) is 0 Å². The highest BCUT2D eigenvalue weighted by atomic mass is 35.5. The van der Waals surface area contributed by atoms with Crippen LogP contribution in [0.15, 0.2) is 18.2 Å². The Bertz CT molecular complexity index is 363. The summed E-state index contributed by atoms with van der Waals surface area (Å²) in [6.07, 6.45) is 1.45. The molecule has 0 fully saturated rings. The molecular formula is C13H19ClFNO2. The number of rotatable bonds is 8. The Morgan fingerprint density at radius 1 is 1.50 bits per heavy atom. The van der Waals surface area contributed by atoms with Crippen molar-refractivity contribution >= 4 is 17.3 Å². The van der Waals surface area contributed by atoms with Crippen LogP contribution in [0.2, 0.25) is 5.02 Å². The van der Waals surface area contributed by atoms with Gasteiger partial charge < -0.3 is 15.2 Å². The van der Waals surface area contributed by atoms with E-state index in [4.69, 9.17) is 16.3 Å². The van der Waals surface area contributed by atoms with Gasteiger partial charge in [-0.25, -0.2) is 4.39 Å². The van der Waals surface area contributed by atoms with Crippen LogP contribution in [0, 0.1) is 5.82 Å². The number of ether oxygens (including phenoxy) is 1. The quantitative estimate of drug-likeness (QED) is 0.717. The summed E-state index contributed by atoms with van der Waals surface area (Å²) in [7, 11) is 0. The molecule has 5 heteroatoms. The van der Waals surface area contributed by atoms with E-state index in [-0.39, 0.29) is 11.6 Å². The lowest BCUT2D eigenvalue weighted by atomic mass is 10.3. The number of anilines is 1. The van der Waals surface area contributed by atoms with Crippen LogP contribution < -0.4 is 5.32 Å². The number of hydrogen-bond donors (Lipinski definition) is 2. The molecule has 0 bridgehead atoms. The summed E-state index contributed by atoms with van der Waals surface area (Å²) >= 11 is 5.57. The Kier molecular flexibility index (Phi) is 7.01. The molecular weight excluding hydrogens is 257 g/mol. The zero-order valence-electron chi connectivity index (χ0n) is 10.5. The summed E-state index contributed by atoms with van der Waals surface area (Å²) in [6, 6.07) is 4.44. The molecule has 0 radical (unpaired) electrons. The van der Waals surface area contributed by atoms with Gasteiger partial charge in [0.15, 0.2) is 0 Å². The van der Waals surface area contributed by atoms with Gasteiger partial charge in [0.25, 0.3) is 0 Å². The molecule has 1 unspecified atom stereocenters. The lowest BCUT2D eigenvalue weighted by molar-refractivity contribution is 0.0422. The minimum atomic E-state index is -0.611. The van der Waals surface area contributed by atoms with Crippen molar-refractivity contribution in [1.29, 1.82) is 0 Å².